The van der Waals surface area contributed by atoms with Gasteiger partial charge in [-0.05, 0) is 43.3 Å². The summed E-state index contributed by atoms with van der Waals surface area (Å²) in [5.41, 5.74) is 2.58. The first-order valence-electron chi connectivity index (χ1n) is 7.09. The van der Waals surface area contributed by atoms with Crippen LogP contribution in [0.4, 0.5) is 0 Å². The van der Waals surface area contributed by atoms with Crippen molar-refractivity contribution in [1.29, 1.82) is 0 Å². The van der Waals surface area contributed by atoms with Crippen molar-refractivity contribution in [2.24, 2.45) is 0 Å². The van der Waals surface area contributed by atoms with E-state index in [-0.39, 0.29) is 0 Å². The molecule has 4 nitrogen and oxygen atoms in total. The summed E-state index contributed by atoms with van der Waals surface area (Å²) in [4.78, 5) is 13.5. The summed E-state index contributed by atoms with van der Waals surface area (Å²) >= 11 is 0. The van der Waals surface area contributed by atoms with E-state index in [1.807, 2.05) is 61.5 Å². The Hall–Kier alpha value is -2.59. The molecule has 0 aliphatic heterocycles. The summed E-state index contributed by atoms with van der Waals surface area (Å²) < 4.78 is 5.76. The van der Waals surface area contributed by atoms with Gasteiger partial charge in [0.05, 0.1) is 22.8 Å². The van der Waals surface area contributed by atoms with E-state index in [9.17, 15) is 0 Å². The van der Waals surface area contributed by atoms with Crippen molar-refractivity contribution in [2.45, 2.75) is 12.5 Å². The van der Waals surface area contributed by atoms with Gasteiger partial charge in [-0.1, -0.05) is 18.2 Å². The topological polar surface area (TPSA) is 47.9 Å². The fraction of sp³-hybridized carbons (Fsp3) is 0.167. The van der Waals surface area contributed by atoms with Gasteiger partial charge in [0.25, 0.3) is 0 Å². The number of pyridine rings is 3. The molecular formula is C18H17N3O. The average Bonchev–Trinajstić information content (AvgIpc) is 2.62. The minimum atomic E-state index is -0.702. The molecule has 3 heterocycles. The standard InChI is InChI=1S/C18H17N3O/c1-18(22-2,16-10-4-6-13-20-16)17-11-7-9-15(21-17)14-8-3-5-12-19-14/h3-13H,1-2H3. The molecule has 110 valence electrons. The third kappa shape index (κ3) is 2.61. The van der Waals surface area contributed by atoms with Gasteiger partial charge in [-0.15, -0.1) is 0 Å². The largest absolute Gasteiger partial charge is 0.366 e. The number of nitrogens with zero attached hydrogens (tertiary/aromatic N) is 3. The van der Waals surface area contributed by atoms with Gasteiger partial charge < -0.3 is 4.74 Å². The Labute approximate surface area is 129 Å². The summed E-state index contributed by atoms with van der Waals surface area (Å²) in [5, 5.41) is 0. The maximum atomic E-state index is 5.76. The quantitative estimate of drug-likeness (QED) is 0.738. The average molecular weight is 291 g/mol. The van der Waals surface area contributed by atoms with Crippen molar-refractivity contribution in [3.05, 3.63) is 78.4 Å². The Morgan fingerprint density at radius 1 is 0.773 bits per heavy atom. The summed E-state index contributed by atoms with van der Waals surface area (Å²) in [5.74, 6) is 0. The van der Waals surface area contributed by atoms with Gasteiger partial charge in [0, 0.05) is 19.5 Å². The lowest BCUT2D eigenvalue weighted by Gasteiger charge is -2.27. The summed E-state index contributed by atoms with van der Waals surface area (Å²) in [6, 6.07) is 17.4. The van der Waals surface area contributed by atoms with Crippen LogP contribution in [0.2, 0.25) is 0 Å². The number of rotatable bonds is 4. The predicted octanol–water partition coefficient (Wildman–Crippen LogP) is 3.45. The summed E-state index contributed by atoms with van der Waals surface area (Å²) in [7, 11) is 1.67. The molecule has 0 aliphatic carbocycles. The number of methoxy groups -OCH3 is 1. The molecule has 0 spiro atoms. The molecule has 1 unspecified atom stereocenters. The van der Waals surface area contributed by atoms with Crippen LogP contribution in [0.1, 0.15) is 18.3 Å². The van der Waals surface area contributed by atoms with Gasteiger partial charge in [-0.25, -0.2) is 4.98 Å². The van der Waals surface area contributed by atoms with Crippen LogP contribution in [-0.2, 0) is 10.3 Å². The first-order chi connectivity index (χ1) is 10.7. The van der Waals surface area contributed by atoms with Crippen molar-refractivity contribution in [3.8, 4) is 11.4 Å². The molecule has 0 saturated carbocycles. The molecular weight excluding hydrogens is 274 g/mol. The van der Waals surface area contributed by atoms with Crippen LogP contribution >= 0.6 is 0 Å². The number of hydrogen-bond acceptors (Lipinski definition) is 4. The molecule has 3 aromatic rings. The lowest BCUT2D eigenvalue weighted by Crippen LogP contribution is -2.28. The first kappa shape index (κ1) is 14.4. The second kappa shape index (κ2) is 6.03. The van der Waals surface area contributed by atoms with E-state index in [2.05, 4.69) is 9.97 Å². The van der Waals surface area contributed by atoms with E-state index in [0.29, 0.717) is 0 Å². The Morgan fingerprint density at radius 2 is 1.45 bits per heavy atom. The molecule has 0 bridgehead atoms. The van der Waals surface area contributed by atoms with Crippen molar-refractivity contribution < 1.29 is 4.74 Å². The normalized spacial score (nSPS) is 13.5. The van der Waals surface area contributed by atoms with E-state index >= 15 is 0 Å². The highest BCUT2D eigenvalue weighted by Gasteiger charge is 2.31. The predicted molar refractivity (Wildman–Crippen MR) is 85.2 cm³/mol. The van der Waals surface area contributed by atoms with E-state index < -0.39 is 5.60 Å². The van der Waals surface area contributed by atoms with Crippen molar-refractivity contribution in [3.63, 3.8) is 0 Å². The van der Waals surface area contributed by atoms with Crippen LogP contribution in [-0.4, -0.2) is 22.1 Å². The molecule has 1 atom stereocenters. The van der Waals surface area contributed by atoms with Crippen molar-refractivity contribution in [1.82, 2.24) is 15.0 Å². The van der Waals surface area contributed by atoms with E-state index in [0.717, 1.165) is 22.8 Å². The lowest BCUT2D eigenvalue weighted by molar-refractivity contribution is 0.0317. The van der Waals surface area contributed by atoms with Crippen molar-refractivity contribution in [2.75, 3.05) is 7.11 Å². The fourth-order valence-electron chi connectivity index (χ4n) is 2.34. The summed E-state index contributed by atoms with van der Waals surface area (Å²) in [6.45, 7) is 1.97. The van der Waals surface area contributed by atoms with Gasteiger partial charge in [0.15, 0.2) is 0 Å². The highest BCUT2D eigenvalue weighted by molar-refractivity contribution is 5.54. The highest BCUT2D eigenvalue weighted by atomic mass is 16.5. The molecule has 0 N–H and O–H groups in total. The number of hydrogen-bond donors (Lipinski definition) is 0. The zero-order valence-corrected chi connectivity index (χ0v) is 12.6. The second-order valence-electron chi connectivity index (χ2n) is 5.08. The zero-order valence-electron chi connectivity index (χ0n) is 12.6. The van der Waals surface area contributed by atoms with Gasteiger partial charge in [0.1, 0.15) is 5.60 Å². The van der Waals surface area contributed by atoms with Crippen LogP contribution in [0.25, 0.3) is 11.4 Å². The van der Waals surface area contributed by atoms with Crippen molar-refractivity contribution >= 4 is 0 Å². The molecule has 4 heteroatoms. The third-order valence-corrected chi connectivity index (χ3v) is 3.73. The van der Waals surface area contributed by atoms with Crippen LogP contribution in [0, 0.1) is 0 Å². The van der Waals surface area contributed by atoms with E-state index in [1.165, 1.54) is 0 Å². The molecule has 0 saturated heterocycles. The second-order valence-corrected chi connectivity index (χ2v) is 5.08. The molecule has 3 aromatic heterocycles. The maximum Gasteiger partial charge on any atom is 0.148 e. The maximum absolute atomic E-state index is 5.76. The number of aromatic nitrogens is 3. The monoisotopic (exact) mass is 291 g/mol. The Kier molecular flexibility index (Phi) is 3.94. The molecule has 0 fully saturated rings. The van der Waals surface area contributed by atoms with Gasteiger partial charge in [-0.3, -0.25) is 9.97 Å². The molecule has 0 aliphatic rings. The molecule has 0 amide bonds. The van der Waals surface area contributed by atoms with Gasteiger partial charge >= 0.3 is 0 Å². The number of ether oxygens (including phenoxy) is 1. The Balaban J connectivity index is 2.08. The zero-order chi connectivity index (χ0) is 15.4. The van der Waals surface area contributed by atoms with Crippen LogP contribution in [0.3, 0.4) is 0 Å². The third-order valence-electron chi connectivity index (χ3n) is 3.73. The molecule has 0 radical (unpaired) electrons. The van der Waals surface area contributed by atoms with Crippen LogP contribution in [0.5, 0.6) is 0 Å². The minimum Gasteiger partial charge on any atom is -0.366 e. The van der Waals surface area contributed by atoms with E-state index in [4.69, 9.17) is 9.72 Å². The molecule has 0 aromatic carbocycles. The highest BCUT2D eigenvalue weighted by Crippen LogP contribution is 2.31. The van der Waals surface area contributed by atoms with E-state index in [1.54, 1.807) is 19.5 Å². The SMILES string of the molecule is COC(C)(c1ccccn1)c1cccc(-c2ccccn2)n1. The lowest BCUT2D eigenvalue weighted by atomic mass is 9.96. The van der Waals surface area contributed by atoms with Gasteiger partial charge in [-0.2, -0.15) is 0 Å². The van der Waals surface area contributed by atoms with Gasteiger partial charge in [0.2, 0.25) is 0 Å². The molecule has 3 rings (SSSR count). The first-order valence-corrected chi connectivity index (χ1v) is 7.09. The smallest absolute Gasteiger partial charge is 0.148 e. The Bertz CT molecular complexity index is 747. The fourth-order valence-corrected chi connectivity index (χ4v) is 2.34. The Morgan fingerprint density at radius 3 is 2.09 bits per heavy atom. The molecule has 22 heavy (non-hydrogen) atoms. The minimum absolute atomic E-state index is 0.702. The van der Waals surface area contributed by atoms with Crippen LogP contribution in [0.15, 0.2) is 67.0 Å². The van der Waals surface area contributed by atoms with Crippen LogP contribution < -0.4 is 0 Å². The summed E-state index contributed by atoms with van der Waals surface area (Å²) in [6.07, 6.45) is 3.52.